The standard InChI is InChI=1S/C15H23N5O/c1-4-9-17-15(16-5-2)18-10-8-14(21)20-13-7-6-12(3)11-19-13/h4,6-7,11H,1,5,8-10H2,2-3H3,(H2,16,17,18)(H,19,20,21). The number of aliphatic imine (C=N–C) groups is 1. The largest absolute Gasteiger partial charge is 0.357 e. The number of carbonyl (C=O) groups excluding carboxylic acids is 1. The SMILES string of the molecule is C=CCNC(=NCCC(=O)Nc1ccc(C)cn1)NCC. The minimum absolute atomic E-state index is 0.102. The predicted molar refractivity (Wildman–Crippen MR) is 86.4 cm³/mol. The summed E-state index contributed by atoms with van der Waals surface area (Å²) in [7, 11) is 0. The van der Waals surface area contributed by atoms with Gasteiger partial charge in [-0.3, -0.25) is 9.79 Å². The van der Waals surface area contributed by atoms with E-state index in [9.17, 15) is 4.79 Å². The summed E-state index contributed by atoms with van der Waals surface area (Å²) in [6.07, 6.45) is 3.78. The Hall–Kier alpha value is -2.37. The van der Waals surface area contributed by atoms with Gasteiger partial charge in [-0.15, -0.1) is 6.58 Å². The zero-order valence-electron chi connectivity index (χ0n) is 12.6. The number of rotatable bonds is 7. The molecule has 0 radical (unpaired) electrons. The van der Waals surface area contributed by atoms with Crippen molar-refractivity contribution in [3.63, 3.8) is 0 Å². The van der Waals surface area contributed by atoms with Crippen molar-refractivity contribution in [3.05, 3.63) is 36.5 Å². The summed E-state index contributed by atoms with van der Waals surface area (Å²) in [5.74, 6) is 1.14. The highest BCUT2D eigenvalue weighted by molar-refractivity contribution is 5.90. The fourth-order valence-electron chi connectivity index (χ4n) is 1.53. The zero-order valence-corrected chi connectivity index (χ0v) is 12.6. The second kappa shape index (κ2) is 9.52. The van der Waals surface area contributed by atoms with Crippen molar-refractivity contribution in [2.75, 3.05) is 25.0 Å². The topological polar surface area (TPSA) is 78.4 Å². The van der Waals surface area contributed by atoms with Gasteiger partial charge in [-0.05, 0) is 25.5 Å². The third kappa shape index (κ3) is 7.10. The molecule has 0 saturated carbocycles. The Balaban J connectivity index is 2.39. The van der Waals surface area contributed by atoms with Gasteiger partial charge in [-0.2, -0.15) is 0 Å². The van der Waals surface area contributed by atoms with E-state index in [-0.39, 0.29) is 5.91 Å². The Morgan fingerprint density at radius 1 is 1.43 bits per heavy atom. The van der Waals surface area contributed by atoms with Gasteiger partial charge in [0.15, 0.2) is 5.96 Å². The zero-order chi connectivity index (χ0) is 15.5. The summed E-state index contributed by atoms with van der Waals surface area (Å²) in [5.41, 5.74) is 1.06. The summed E-state index contributed by atoms with van der Waals surface area (Å²) in [6, 6.07) is 3.69. The molecule has 0 bridgehead atoms. The molecule has 1 rings (SSSR count). The van der Waals surface area contributed by atoms with Crippen LogP contribution in [0.3, 0.4) is 0 Å². The molecule has 0 aromatic carbocycles. The van der Waals surface area contributed by atoms with E-state index in [1.165, 1.54) is 0 Å². The number of hydrogen-bond donors (Lipinski definition) is 3. The van der Waals surface area contributed by atoms with E-state index in [2.05, 4.69) is 32.5 Å². The van der Waals surface area contributed by atoms with Gasteiger partial charge in [0.1, 0.15) is 5.82 Å². The summed E-state index contributed by atoms with van der Waals surface area (Å²) in [4.78, 5) is 20.2. The van der Waals surface area contributed by atoms with E-state index in [1.807, 2.05) is 19.9 Å². The maximum absolute atomic E-state index is 11.8. The van der Waals surface area contributed by atoms with Crippen LogP contribution in [-0.2, 0) is 4.79 Å². The normalized spacial score (nSPS) is 10.9. The third-order valence-corrected chi connectivity index (χ3v) is 2.55. The van der Waals surface area contributed by atoms with E-state index in [4.69, 9.17) is 0 Å². The first-order chi connectivity index (χ1) is 10.2. The van der Waals surface area contributed by atoms with Crippen molar-refractivity contribution >= 4 is 17.7 Å². The number of nitrogens with zero attached hydrogens (tertiary/aromatic N) is 2. The summed E-state index contributed by atoms with van der Waals surface area (Å²) in [5, 5.41) is 8.91. The van der Waals surface area contributed by atoms with Gasteiger partial charge < -0.3 is 16.0 Å². The number of hydrogen-bond acceptors (Lipinski definition) is 3. The Morgan fingerprint density at radius 3 is 2.86 bits per heavy atom. The summed E-state index contributed by atoms with van der Waals surface area (Å²) >= 11 is 0. The molecule has 3 N–H and O–H groups in total. The molecule has 0 atom stereocenters. The first-order valence-corrected chi connectivity index (χ1v) is 7.01. The molecule has 0 fully saturated rings. The second-order valence-electron chi connectivity index (χ2n) is 4.45. The molecular formula is C15H23N5O. The average Bonchev–Trinajstić information content (AvgIpc) is 2.47. The van der Waals surface area contributed by atoms with E-state index in [0.717, 1.165) is 12.1 Å². The minimum Gasteiger partial charge on any atom is -0.357 e. The lowest BCUT2D eigenvalue weighted by Crippen LogP contribution is -2.37. The van der Waals surface area contributed by atoms with E-state index < -0.39 is 0 Å². The highest BCUT2D eigenvalue weighted by atomic mass is 16.1. The van der Waals surface area contributed by atoms with Crippen LogP contribution in [-0.4, -0.2) is 36.5 Å². The van der Waals surface area contributed by atoms with Crippen LogP contribution in [0.1, 0.15) is 18.9 Å². The number of anilines is 1. The lowest BCUT2D eigenvalue weighted by Gasteiger charge is -2.09. The first kappa shape index (κ1) is 16.7. The van der Waals surface area contributed by atoms with Crippen LogP contribution in [0.25, 0.3) is 0 Å². The molecule has 1 aromatic rings. The third-order valence-electron chi connectivity index (χ3n) is 2.55. The van der Waals surface area contributed by atoms with Gasteiger partial charge in [0, 0.05) is 25.7 Å². The van der Waals surface area contributed by atoms with E-state index in [1.54, 1.807) is 18.3 Å². The molecule has 0 aliphatic rings. The van der Waals surface area contributed by atoms with Crippen molar-refractivity contribution in [1.29, 1.82) is 0 Å². The Bertz CT molecular complexity index is 481. The van der Waals surface area contributed by atoms with Gasteiger partial charge >= 0.3 is 0 Å². The molecule has 6 heteroatoms. The van der Waals surface area contributed by atoms with Crippen molar-refractivity contribution in [2.24, 2.45) is 4.99 Å². The molecule has 6 nitrogen and oxygen atoms in total. The smallest absolute Gasteiger partial charge is 0.227 e. The predicted octanol–water partition coefficient (Wildman–Crippen LogP) is 1.46. The van der Waals surface area contributed by atoms with Crippen LogP contribution in [0.15, 0.2) is 36.0 Å². The summed E-state index contributed by atoms with van der Waals surface area (Å²) < 4.78 is 0. The van der Waals surface area contributed by atoms with Crippen molar-refractivity contribution in [3.8, 4) is 0 Å². The number of aryl methyl sites for hydroxylation is 1. The molecule has 114 valence electrons. The van der Waals surface area contributed by atoms with Crippen molar-refractivity contribution < 1.29 is 4.79 Å². The molecule has 0 aliphatic carbocycles. The number of amides is 1. The minimum atomic E-state index is -0.102. The van der Waals surface area contributed by atoms with Gasteiger partial charge in [-0.1, -0.05) is 12.1 Å². The van der Waals surface area contributed by atoms with Gasteiger partial charge in [0.05, 0.1) is 6.54 Å². The second-order valence-corrected chi connectivity index (χ2v) is 4.45. The molecule has 0 saturated heterocycles. The Kier molecular flexibility index (Phi) is 7.56. The van der Waals surface area contributed by atoms with Crippen LogP contribution in [0.5, 0.6) is 0 Å². The lowest BCUT2D eigenvalue weighted by atomic mass is 10.3. The average molecular weight is 289 g/mol. The van der Waals surface area contributed by atoms with Gasteiger partial charge in [0.25, 0.3) is 0 Å². The number of aromatic nitrogens is 1. The lowest BCUT2D eigenvalue weighted by molar-refractivity contribution is -0.116. The highest BCUT2D eigenvalue weighted by Crippen LogP contribution is 2.04. The molecular weight excluding hydrogens is 266 g/mol. The van der Waals surface area contributed by atoms with Gasteiger partial charge in [-0.25, -0.2) is 4.98 Å². The number of pyridine rings is 1. The molecule has 0 spiro atoms. The quantitative estimate of drug-likeness (QED) is 0.403. The Labute approximate surface area is 125 Å². The summed E-state index contributed by atoms with van der Waals surface area (Å²) in [6.45, 7) is 9.38. The fraction of sp³-hybridized carbons (Fsp3) is 0.400. The van der Waals surface area contributed by atoms with Crippen molar-refractivity contribution in [2.45, 2.75) is 20.3 Å². The maximum Gasteiger partial charge on any atom is 0.227 e. The number of nitrogens with one attached hydrogen (secondary N) is 3. The maximum atomic E-state index is 11.8. The first-order valence-electron chi connectivity index (χ1n) is 7.01. The molecule has 0 aliphatic heterocycles. The van der Waals surface area contributed by atoms with Crippen molar-refractivity contribution in [1.82, 2.24) is 15.6 Å². The number of carbonyl (C=O) groups is 1. The van der Waals surface area contributed by atoms with Gasteiger partial charge in [0.2, 0.25) is 5.91 Å². The molecule has 1 aromatic heterocycles. The number of guanidine groups is 1. The molecule has 1 amide bonds. The monoisotopic (exact) mass is 289 g/mol. The molecule has 1 heterocycles. The van der Waals surface area contributed by atoms with Crippen LogP contribution in [0.4, 0.5) is 5.82 Å². The molecule has 21 heavy (non-hydrogen) atoms. The van der Waals surface area contributed by atoms with Crippen LogP contribution in [0.2, 0.25) is 0 Å². The Morgan fingerprint density at radius 2 is 2.24 bits per heavy atom. The van der Waals surface area contributed by atoms with Crippen LogP contribution >= 0.6 is 0 Å². The highest BCUT2D eigenvalue weighted by Gasteiger charge is 2.03. The van der Waals surface area contributed by atoms with E-state index in [0.29, 0.717) is 31.3 Å². The fourth-order valence-corrected chi connectivity index (χ4v) is 1.53. The van der Waals surface area contributed by atoms with Crippen LogP contribution in [0, 0.1) is 6.92 Å². The van der Waals surface area contributed by atoms with E-state index >= 15 is 0 Å². The van der Waals surface area contributed by atoms with Crippen LogP contribution < -0.4 is 16.0 Å². The molecule has 0 unspecified atom stereocenters.